The van der Waals surface area contributed by atoms with E-state index in [1.54, 1.807) is 0 Å². The highest BCUT2D eigenvalue weighted by Gasteiger charge is 2.10. The first-order valence-electron chi connectivity index (χ1n) is 5.77. The highest BCUT2D eigenvalue weighted by atomic mass is 79.9. The molecule has 0 aliphatic rings. The molecule has 0 unspecified atom stereocenters. The Balaban J connectivity index is 2.84. The summed E-state index contributed by atoms with van der Waals surface area (Å²) in [6.07, 6.45) is 1.19. The fourth-order valence-corrected chi connectivity index (χ4v) is 2.30. The van der Waals surface area contributed by atoms with E-state index in [9.17, 15) is 4.79 Å². The topological polar surface area (TPSA) is 40.5 Å². The number of hydrogen-bond acceptors (Lipinski definition) is 2. The Bertz CT molecular complexity index is 393. The van der Waals surface area contributed by atoms with Crippen molar-refractivity contribution in [2.24, 2.45) is 0 Å². The van der Waals surface area contributed by atoms with Gasteiger partial charge in [0.25, 0.3) is 0 Å². The van der Waals surface area contributed by atoms with Crippen LogP contribution in [0, 0.1) is 6.92 Å². The van der Waals surface area contributed by atoms with Crippen molar-refractivity contribution in [2.75, 3.05) is 18.0 Å². The van der Waals surface area contributed by atoms with Gasteiger partial charge in [0.15, 0.2) is 0 Å². The molecular weight excluding hydrogens is 282 g/mol. The third-order valence-corrected chi connectivity index (χ3v) is 3.08. The Hall–Kier alpha value is -1.03. The van der Waals surface area contributed by atoms with Gasteiger partial charge in [-0.3, -0.25) is 4.79 Å². The molecule has 0 fully saturated rings. The molecule has 1 N–H and O–H groups in total. The van der Waals surface area contributed by atoms with E-state index in [2.05, 4.69) is 33.8 Å². The number of aryl methyl sites for hydroxylation is 1. The predicted molar refractivity (Wildman–Crippen MR) is 73.6 cm³/mol. The second kappa shape index (κ2) is 6.64. The van der Waals surface area contributed by atoms with Gasteiger partial charge in [0.2, 0.25) is 0 Å². The molecule has 0 aromatic heterocycles. The van der Waals surface area contributed by atoms with Crippen molar-refractivity contribution in [1.82, 2.24) is 0 Å². The molecule has 1 aromatic rings. The van der Waals surface area contributed by atoms with Gasteiger partial charge in [0.1, 0.15) is 0 Å². The average molecular weight is 300 g/mol. The minimum absolute atomic E-state index is 0.176. The molecule has 1 aromatic carbocycles. The van der Waals surface area contributed by atoms with Crippen LogP contribution >= 0.6 is 15.9 Å². The van der Waals surface area contributed by atoms with Crippen molar-refractivity contribution in [3.05, 3.63) is 28.2 Å². The number of carbonyl (C=O) groups is 1. The van der Waals surface area contributed by atoms with Crippen LogP contribution in [0.1, 0.15) is 25.3 Å². The van der Waals surface area contributed by atoms with Gasteiger partial charge in [-0.15, -0.1) is 0 Å². The van der Waals surface area contributed by atoms with Crippen LogP contribution in [0.4, 0.5) is 5.69 Å². The lowest BCUT2D eigenvalue weighted by Gasteiger charge is -2.25. The average Bonchev–Trinajstić information content (AvgIpc) is 2.24. The zero-order valence-corrected chi connectivity index (χ0v) is 11.8. The number of rotatable bonds is 6. The lowest BCUT2D eigenvalue weighted by molar-refractivity contribution is -0.136. The number of anilines is 1. The SMILES string of the molecule is CCCN(CCC(=O)O)c1ccc(Br)cc1C. The Morgan fingerprint density at radius 1 is 1.41 bits per heavy atom. The fraction of sp³-hybridized carbons (Fsp3) is 0.462. The molecule has 0 spiro atoms. The molecule has 4 heteroatoms. The third kappa shape index (κ3) is 4.38. The number of halogens is 1. The first-order chi connectivity index (χ1) is 8.04. The number of aliphatic carboxylic acids is 1. The number of hydrogen-bond donors (Lipinski definition) is 1. The molecule has 0 atom stereocenters. The lowest BCUT2D eigenvalue weighted by atomic mass is 10.1. The van der Waals surface area contributed by atoms with Gasteiger partial charge in [0, 0.05) is 23.2 Å². The summed E-state index contributed by atoms with van der Waals surface area (Å²) in [5, 5.41) is 8.76. The maximum atomic E-state index is 10.6. The molecule has 0 saturated carbocycles. The highest BCUT2D eigenvalue weighted by Crippen LogP contribution is 2.24. The summed E-state index contributed by atoms with van der Waals surface area (Å²) in [4.78, 5) is 12.8. The second-order valence-electron chi connectivity index (χ2n) is 4.06. The standard InChI is InChI=1S/C13H18BrNO2/c1-3-7-15(8-6-13(16)17)12-5-4-11(14)9-10(12)2/h4-5,9H,3,6-8H2,1-2H3,(H,16,17). The van der Waals surface area contributed by atoms with E-state index < -0.39 is 5.97 Å². The molecule has 0 aliphatic heterocycles. The van der Waals surface area contributed by atoms with Gasteiger partial charge in [-0.05, 0) is 37.1 Å². The van der Waals surface area contributed by atoms with Crippen LogP contribution in [0.2, 0.25) is 0 Å². The maximum Gasteiger partial charge on any atom is 0.305 e. The normalized spacial score (nSPS) is 10.3. The highest BCUT2D eigenvalue weighted by molar-refractivity contribution is 9.10. The smallest absolute Gasteiger partial charge is 0.305 e. The van der Waals surface area contributed by atoms with Crippen molar-refractivity contribution in [2.45, 2.75) is 26.7 Å². The molecule has 0 bridgehead atoms. The van der Waals surface area contributed by atoms with Crippen molar-refractivity contribution in [3.8, 4) is 0 Å². The van der Waals surface area contributed by atoms with Gasteiger partial charge < -0.3 is 10.0 Å². The quantitative estimate of drug-likeness (QED) is 0.875. The molecule has 17 heavy (non-hydrogen) atoms. The van der Waals surface area contributed by atoms with Crippen molar-refractivity contribution in [3.63, 3.8) is 0 Å². The van der Waals surface area contributed by atoms with E-state index >= 15 is 0 Å². The Morgan fingerprint density at radius 2 is 2.12 bits per heavy atom. The van der Waals surface area contributed by atoms with Gasteiger partial charge in [0.05, 0.1) is 6.42 Å². The summed E-state index contributed by atoms with van der Waals surface area (Å²) in [6.45, 7) is 5.59. The molecule has 0 saturated heterocycles. The molecule has 0 amide bonds. The van der Waals surface area contributed by atoms with Crippen LogP contribution in [0.5, 0.6) is 0 Å². The largest absolute Gasteiger partial charge is 0.481 e. The van der Waals surface area contributed by atoms with E-state index in [4.69, 9.17) is 5.11 Å². The fourth-order valence-electron chi connectivity index (χ4n) is 1.83. The van der Waals surface area contributed by atoms with Crippen molar-refractivity contribution >= 4 is 27.6 Å². The first-order valence-corrected chi connectivity index (χ1v) is 6.56. The van der Waals surface area contributed by atoms with Crippen LogP contribution in [-0.4, -0.2) is 24.2 Å². The molecule has 94 valence electrons. The molecule has 3 nitrogen and oxygen atoms in total. The predicted octanol–water partition coefficient (Wildman–Crippen LogP) is 3.45. The van der Waals surface area contributed by atoms with Gasteiger partial charge in [-0.25, -0.2) is 0 Å². The zero-order chi connectivity index (χ0) is 12.8. The summed E-state index contributed by atoms with van der Waals surface area (Å²) in [5.41, 5.74) is 2.29. The van der Waals surface area contributed by atoms with E-state index in [0.29, 0.717) is 6.54 Å². The maximum absolute atomic E-state index is 10.6. The second-order valence-corrected chi connectivity index (χ2v) is 4.98. The molecule has 1 rings (SSSR count). The summed E-state index contributed by atoms with van der Waals surface area (Å²) in [6, 6.07) is 6.08. The van der Waals surface area contributed by atoms with E-state index in [-0.39, 0.29) is 6.42 Å². The van der Waals surface area contributed by atoms with E-state index in [1.807, 2.05) is 19.1 Å². The van der Waals surface area contributed by atoms with Crippen molar-refractivity contribution < 1.29 is 9.90 Å². The van der Waals surface area contributed by atoms with Crippen LogP contribution < -0.4 is 4.90 Å². The Morgan fingerprint density at radius 3 is 2.65 bits per heavy atom. The number of nitrogens with zero attached hydrogens (tertiary/aromatic N) is 1. The molecule has 0 heterocycles. The minimum Gasteiger partial charge on any atom is -0.481 e. The lowest BCUT2D eigenvalue weighted by Crippen LogP contribution is -2.27. The molecule has 0 radical (unpaired) electrons. The van der Waals surface area contributed by atoms with E-state index in [1.165, 1.54) is 5.56 Å². The summed E-state index contributed by atoms with van der Waals surface area (Å²) in [7, 11) is 0. The monoisotopic (exact) mass is 299 g/mol. The van der Waals surface area contributed by atoms with Crippen LogP contribution in [-0.2, 0) is 4.79 Å². The number of carboxylic acid groups (broad SMARTS) is 1. The number of carboxylic acids is 1. The van der Waals surface area contributed by atoms with Crippen LogP contribution in [0.15, 0.2) is 22.7 Å². The third-order valence-electron chi connectivity index (χ3n) is 2.59. The van der Waals surface area contributed by atoms with Crippen LogP contribution in [0.3, 0.4) is 0 Å². The van der Waals surface area contributed by atoms with Crippen LogP contribution in [0.25, 0.3) is 0 Å². The summed E-state index contributed by atoms with van der Waals surface area (Å²) >= 11 is 3.43. The molecule has 0 aliphatic carbocycles. The Kier molecular flexibility index (Phi) is 5.48. The zero-order valence-electron chi connectivity index (χ0n) is 10.2. The minimum atomic E-state index is -0.749. The van der Waals surface area contributed by atoms with Gasteiger partial charge >= 0.3 is 5.97 Å². The van der Waals surface area contributed by atoms with Gasteiger partial charge in [-0.2, -0.15) is 0 Å². The summed E-state index contributed by atoms with van der Waals surface area (Å²) in [5.74, 6) is -0.749. The Labute approximate surface area is 111 Å². The van der Waals surface area contributed by atoms with Crippen molar-refractivity contribution in [1.29, 1.82) is 0 Å². The number of benzene rings is 1. The van der Waals surface area contributed by atoms with Gasteiger partial charge in [-0.1, -0.05) is 22.9 Å². The van der Waals surface area contributed by atoms with E-state index in [0.717, 1.165) is 23.1 Å². The molecular formula is C13H18BrNO2. The first kappa shape index (κ1) is 14.0. The summed E-state index contributed by atoms with van der Waals surface area (Å²) < 4.78 is 1.05.